The molecular formula is C15H21BO3. The van der Waals surface area contributed by atoms with E-state index in [0.717, 1.165) is 23.9 Å². The Labute approximate surface area is 115 Å². The molecule has 1 aromatic carbocycles. The van der Waals surface area contributed by atoms with Crippen molar-refractivity contribution in [1.82, 2.24) is 0 Å². The maximum atomic E-state index is 9.97. The third-order valence-electron chi connectivity index (χ3n) is 4.74. The number of benzene rings is 1. The highest BCUT2D eigenvalue weighted by Crippen LogP contribution is 2.37. The normalized spacial score (nSPS) is 27.6. The number of hydrogen-bond donors (Lipinski definition) is 1. The zero-order valence-corrected chi connectivity index (χ0v) is 12.1. The number of aryl methyl sites for hydroxylation is 1. The zero-order valence-electron chi connectivity index (χ0n) is 12.1. The van der Waals surface area contributed by atoms with Gasteiger partial charge in [-0.05, 0) is 57.1 Å². The zero-order chi connectivity index (χ0) is 13.8. The third kappa shape index (κ3) is 2.02. The fourth-order valence-corrected chi connectivity index (χ4v) is 2.72. The molecule has 4 heteroatoms. The Morgan fingerprint density at radius 1 is 1.16 bits per heavy atom. The molecule has 1 aliphatic heterocycles. The minimum Gasteiger partial charge on any atom is -0.399 e. The van der Waals surface area contributed by atoms with Gasteiger partial charge in [0.15, 0.2) is 0 Å². The molecule has 1 aliphatic carbocycles. The van der Waals surface area contributed by atoms with Gasteiger partial charge in [-0.3, -0.25) is 0 Å². The summed E-state index contributed by atoms with van der Waals surface area (Å²) in [5, 5.41) is 9.97. The Kier molecular flexibility index (Phi) is 2.82. The van der Waals surface area contributed by atoms with Crippen molar-refractivity contribution in [2.45, 2.75) is 57.8 Å². The minimum atomic E-state index is -0.344. The van der Waals surface area contributed by atoms with Crippen LogP contribution in [-0.2, 0) is 15.7 Å². The van der Waals surface area contributed by atoms with E-state index in [9.17, 15) is 5.11 Å². The summed E-state index contributed by atoms with van der Waals surface area (Å²) >= 11 is 0. The molecule has 1 heterocycles. The van der Waals surface area contributed by atoms with Gasteiger partial charge in [0.25, 0.3) is 0 Å². The van der Waals surface area contributed by atoms with Gasteiger partial charge in [0.1, 0.15) is 0 Å². The van der Waals surface area contributed by atoms with Gasteiger partial charge in [-0.25, -0.2) is 0 Å². The van der Waals surface area contributed by atoms with E-state index in [1.54, 1.807) is 0 Å². The molecule has 1 fully saturated rings. The lowest BCUT2D eigenvalue weighted by Crippen LogP contribution is -2.41. The molecule has 2 aliphatic rings. The summed E-state index contributed by atoms with van der Waals surface area (Å²) < 4.78 is 12.1. The molecule has 1 atom stereocenters. The smallest absolute Gasteiger partial charge is 0.399 e. The van der Waals surface area contributed by atoms with Crippen molar-refractivity contribution in [1.29, 1.82) is 0 Å². The lowest BCUT2D eigenvalue weighted by atomic mass is 9.78. The molecule has 0 radical (unpaired) electrons. The van der Waals surface area contributed by atoms with Gasteiger partial charge >= 0.3 is 7.12 Å². The molecule has 1 unspecified atom stereocenters. The average Bonchev–Trinajstić information content (AvgIpc) is 2.78. The molecule has 1 N–H and O–H groups in total. The highest BCUT2D eigenvalue weighted by atomic mass is 16.7. The summed E-state index contributed by atoms with van der Waals surface area (Å²) in [6.07, 6.45) is 1.44. The van der Waals surface area contributed by atoms with E-state index >= 15 is 0 Å². The minimum absolute atomic E-state index is 0.324. The summed E-state index contributed by atoms with van der Waals surface area (Å²) in [5.41, 5.74) is 2.63. The van der Waals surface area contributed by atoms with Crippen LogP contribution in [0, 0.1) is 0 Å². The second-order valence-electron chi connectivity index (χ2n) is 6.60. The van der Waals surface area contributed by atoms with Crippen molar-refractivity contribution in [2.75, 3.05) is 0 Å². The van der Waals surface area contributed by atoms with Gasteiger partial charge in [0, 0.05) is 0 Å². The average molecular weight is 260 g/mol. The van der Waals surface area contributed by atoms with E-state index in [4.69, 9.17) is 9.31 Å². The highest BCUT2D eigenvalue weighted by molar-refractivity contribution is 6.62. The van der Waals surface area contributed by atoms with E-state index < -0.39 is 0 Å². The van der Waals surface area contributed by atoms with Crippen LogP contribution in [0.5, 0.6) is 0 Å². The van der Waals surface area contributed by atoms with Gasteiger partial charge in [-0.2, -0.15) is 0 Å². The lowest BCUT2D eigenvalue weighted by molar-refractivity contribution is 0.00578. The van der Waals surface area contributed by atoms with Gasteiger partial charge in [-0.15, -0.1) is 0 Å². The van der Waals surface area contributed by atoms with Crippen molar-refractivity contribution in [3.8, 4) is 0 Å². The number of rotatable bonds is 1. The molecule has 0 bridgehead atoms. The van der Waals surface area contributed by atoms with Gasteiger partial charge in [0.2, 0.25) is 0 Å². The Morgan fingerprint density at radius 2 is 1.79 bits per heavy atom. The van der Waals surface area contributed by atoms with E-state index in [-0.39, 0.29) is 24.4 Å². The molecule has 3 nitrogen and oxygen atoms in total. The quantitative estimate of drug-likeness (QED) is 0.784. The lowest BCUT2D eigenvalue weighted by Gasteiger charge is -2.32. The molecule has 0 aromatic heterocycles. The molecule has 1 saturated heterocycles. The van der Waals surface area contributed by atoms with Gasteiger partial charge in [0.05, 0.1) is 17.3 Å². The number of fused-ring (bicyclic) bond motifs is 1. The second kappa shape index (κ2) is 4.08. The Balaban J connectivity index is 1.91. The molecule has 1 aromatic rings. The standard InChI is InChI=1S/C15H21BO3/c1-14(2)15(3,4)19-16(18-14)11-7-5-10-6-8-13(17)12(10)9-11/h5,7,9,13,17H,6,8H2,1-4H3. The first-order valence-corrected chi connectivity index (χ1v) is 6.97. The first-order valence-electron chi connectivity index (χ1n) is 6.97. The van der Waals surface area contributed by atoms with Gasteiger partial charge < -0.3 is 14.4 Å². The monoisotopic (exact) mass is 260 g/mol. The summed E-state index contributed by atoms with van der Waals surface area (Å²) in [7, 11) is -0.344. The van der Waals surface area contributed by atoms with Crippen molar-refractivity contribution in [3.05, 3.63) is 29.3 Å². The summed E-state index contributed by atoms with van der Waals surface area (Å²) in [6.45, 7) is 8.20. The third-order valence-corrected chi connectivity index (χ3v) is 4.74. The van der Waals surface area contributed by atoms with Crippen LogP contribution in [-0.4, -0.2) is 23.4 Å². The first kappa shape index (κ1) is 13.2. The molecule has 3 rings (SSSR count). The van der Waals surface area contributed by atoms with Crippen LogP contribution in [0.25, 0.3) is 0 Å². The Bertz CT molecular complexity index is 494. The Morgan fingerprint density at radius 3 is 2.42 bits per heavy atom. The van der Waals surface area contributed by atoms with Crippen LogP contribution in [0.3, 0.4) is 0 Å². The molecule has 102 valence electrons. The molecule has 19 heavy (non-hydrogen) atoms. The SMILES string of the molecule is CC1(C)OB(c2ccc3c(c2)C(O)CC3)OC1(C)C. The largest absolute Gasteiger partial charge is 0.494 e. The maximum absolute atomic E-state index is 9.97. The summed E-state index contributed by atoms with van der Waals surface area (Å²) in [6, 6.07) is 6.18. The van der Waals surface area contributed by atoms with Crippen molar-refractivity contribution < 1.29 is 14.4 Å². The molecule has 0 saturated carbocycles. The van der Waals surface area contributed by atoms with E-state index in [1.807, 2.05) is 6.07 Å². The summed E-state index contributed by atoms with van der Waals surface area (Å²) in [4.78, 5) is 0. The first-order chi connectivity index (χ1) is 8.80. The topological polar surface area (TPSA) is 38.7 Å². The van der Waals surface area contributed by atoms with Crippen LogP contribution in [0.4, 0.5) is 0 Å². The van der Waals surface area contributed by atoms with Crippen molar-refractivity contribution in [2.24, 2.45) is 0 Å². The molecule has 0 spiro atoms. The fourth-order valence-electron chi connectivity index (χ4n) is 2.72. The molecule has 0 amide bonds. The van der Waals surface area contributed by atoms with Crippen LogP contribution < -0.4 is 5.46 Å². The number of hydrogen-bond acceptors (Lipinski definition) is 3. The predicted molar refractivity (Wildman–Crippen MR) is 75.4 cm³/mol. The predicted octanol–water partition coefficient (Wildman–Crippen LogP) is 1.97. The van der Waals surface area contributed by atoms with Crippen molar-refractivity contribution >= 4 is 12.6 Å². The van der Waals surface area contributed by atoms with Crippen LogP contribution >= 0.6 is 0 Å². The van der Waals surface area contributed by atoms with Crippen molar-refractivity contribution in [3.63, 3.8) is 0 Å². The number of aliphatic hydroxyl groups is 1. The van der Waals surface area contributed by atoms with Crippen LogP contribution in [0.2, 0.25) is 0 Å². The number of aliphatic hydroxyl groups excluding tert-OH is 1. The highest BCUT2D eigenvalue weighted by Gasteiger charge is 2.51. The van der Waals surface area contributed by atoms with Crippen LogP contribution in [0.15, 0.2) is 18.2 Å². The van der Waals surface area contributed by atoms with E-state index in [0.29, 0.717) is 0 Å². The van der Waals surface area contributed by atoms with E-state index in [2.05, 4.69) is 39.8 Å². The van der Waals surface area contributed by atoms with E-state index in [1.165, 1.54) is 5.56 Å². The molecular weight excluding hydrogens is 239 g/mol. The maximum Gasteiger partial charge on any atom is 0.494 e. The Hall–Kier alpha value is -0.835. The second-order valence-corrected chi connectivity index (χ2v) is 6.60. The van der Waals surface area contributed by atoms with Crippen LogP contribution in [0.1, 0.15) is 51.3 Å². The summed E-state index contributed by atoms with van der Waals surface area (Å²) in [5.74, 6) is 0. The fraction of sp³-hybridized carbons (Fsp3) is 0.600. The van der Waals surface area contributed by atoms with Gasteiger partial charge in [-0.1, -0.05) is 18.2 Å².